The first kappa shape index (κ1) is 23.9. The highest BCUT2D eigenvalue weighted by molar-refractivity contribution is 5.66. The van der Waals surface area contributed by atoms with Crippen molar-refractivity contribution in [3.63, 3.8) is 0 Å². The number of aliphatic carboxylic acids is 2. The molecule has 0 saturated carbocycles. The fourth-order valence-corrected chi connectivity index (χ4v) is 3.07. The highest BCUT2D eigenvalue weighted by Crippen LogP contribution is 2.11. The van der Waals surface area contributed by atoms with Gasteiger partial charge in [-0.25, -0.2) is 0 Å². The third kappa shape index (κ3) is 19.1. The lowest BCUT2D eigenvalue weighted by molar-refractivity contribution is -0.138. The minimum absolute atomic E-state index is 0.188. The van der Waals surface area contributed by atoms with Gasteiger partial charge in [0, 0.05) is 12.8 Å². The summed E-state index contributed by atoms with van der Waals surface area (Å²) in [7, 11) is 0. The van der Waals surface area contributed by atoms with Gasteiger partial charge in [0.25, 0.3) is 0 Å². The molecule has 5 nitrogen and oxygen atoms in total. The zero-order chi connectivity index (χ0) is 18.8. The van der Waals surface area contributed by atoms with Crippen LogP contribution in [-0.4, -0.2) is 46.7 Å². The molecule has 0 bridgehead atoms. The van der Waals surface area contributed by atoms with E-state index in [0.717, 1.165) is 26.1 Å². The van der Waals surface area contributed by atoms with Crippen molar-refractivity contribution in [3.05, 3.63) is 0 Å². The van der Waals surface area contributed by atoms with Gasteiger partial charge in [0.15, 0.2) is 0 Å². The third-order valence-electron chi connectivity index (χ3n) is 4.56. The fraction of sp³-hybridized carbons (Fsp3) is 0.900. The second-order valence-electron chi connectivity index (χ2n) is 7.02. The van der Waals surface area contributed by atoms with Crippen LogP contribution in [0.4, 0.5) is 0 Å². The van der Waals surface area contributed by atoms with Gasteiger partial charge < -0.3 is 15.1 Å². The van der Waals surface area contributed by atoms with E-state index in [0.29, 0.717) is 12.8 Å². The molecule has 0 aromatic heterocycles. The van der Waals surface area contributed by atoms with Crippen molar-refractivity contribution in [2.75, 3.05) is 19.6 Å². The Morgan fingerprint density at radius 2 is 0.960 bits per heavy atom. The largest absolute Gasteiger partial charge is 0.481 e. The zero-order valence-corrected chi connectivity index (χ0v) is 16.2. The number of carboxylic acid groups (broad SMARTS) is 2. The normalized spacial score (nSPS) is 11.1. The first-order valence-electron chi connectivity index (χ1n) is 10.2. The van der Waals surface area contributed by atoms with Crippen molar-refractivity contribution >= 4 is 11.9 Å². The molecule has 0 unspecified atom stereocenters. The molecule has 0 aliphatic heterocycles. The molecule has 2 N–H and O–H groups in total. The molecule has 0 aliphatic rings. The molecule has 0 aliphatic carbocycles. The number of carboxylic acids is 2. The predicted octanol–water partition coefficient (Wildman–Crippen LogP) is 4.94. The molecule has 0 radical (unpaired) electrons. The van der Waals surface area contributed by atoms with Gasteiger partial charge in [0.05, 0.1) is 0 Å². The van der Waals surface area contributed by atoms with E-state index >= 15 is 0 Å². The summed E-state index contributed by atoms with van der Waals surface area (Å²) < 4.78 is 0. The van der Waals surface area contributed by atoms with Crippen LogP contribution in [0.15, 0.2) is 0 Å². The molecule has 0 aromatic carbocycles. The van der Waals surface area contributed by atoms with Gasteiger partial charge in [-0.2, -0.15) is 0 Å². The maximum Gasteiger partial charge on any atom is 0.303 e. The number of carbonyl (C=O) groups is 2. The van der Waals surface area contributed by atoms with Crippen LogP contribution in [0, 0.1) is 0 Å². The molecule has 148 valence electrons. The van der Waals surface area contributed by atoms with Crippen molar-refractivity contribution in [3.8, 4) is 0 Å². The fourth-order valence-electron chi connectivity index (χ4n) is 3.07. The van der Waals surface area contributed by atoms with Gasteiger partial charge >= 0.3 is 11.9 Å². The summed E-state index contributed by atoms with van der Waals surface area (Å²) in [4.78, 5) is 23.5. The van der Waals surface area contributed by atoms with Gasteiger partial charge in [-0.1, -0.05) is 64.7 Å². The molecule has 0 atom stereocenters. The quantitative estimate of drug-likeness (QED) is 0.320. The Morgan fingerprint density at radius 3 is 1.36 bits per heavy atom. The topological polar surface area (TPSA) is 77.8 Å². The monoisotopic (exact) mass is 357 g/mol. The maximum atomic E-state index is 10.6. The number of nitrogens with zero attached hydrogens (tertiary/aromatic N) is 1. The van der Waals surface area contributed by atoms with Gasteiger partial charge in [-0.05, 0) is 38.9 Å². The summed E-state index contributed by atoms with van der Waals surface area (Å²) in [5, 5.41) is 17.5. The number of unbranched alkanes of at least 4 members (excludes halogenated alkanes) is 9. The first-order valence-corrected chi connectivity index (χ1v) is 10.2. The van der Waals surface area contributed by atoms with E-state index in [1.165, 1.54) is 57.8 Å². The van der Waals surface area contributed by atoms with Crippen LogP contribution in [0.1, 0.15) is 96.8 Å². The third-order valence-corrected chi connectivity index (χ3v) is 4.56. The van der Waals surface area contributed by atoms with E-state index in [-0.39, 0.29) is 12.8 Å². The summed E-state index contributed by atoms with van der Waals surface area (Å²) in [6, 6.07) is 0. The molecule has 5 heteroatoms. The zero-order valence-electron chi connectivity index (χ0n) is 16.2. The highest BCUT2D eigenvalue weighted by atomic mass is 16.4. The summed E-state index contributed by atoms with van der Waals surface area (Å²) in [6.45, 7) is 4.70. The molecular weight excluding hydrogens is 318 g/mol. The highest BCUT2D eigenvalue weighted by Gasteiger charge is 2.07. The van der Waals surface area contributed by atoms with E-state index in [1.807, 2.05) is 0 Å². The lowest BCUT2D eigenvalue weighted by Gasteiger charge is -2.21. The molecular formula is C20H39NO4. The van der Waals surface area contributed by atoms with Crippen molar-refractivity contribution in [1.82, 2.24) is 4.90 Å². The van der Waals surface area contributed by atoms with Crippen molar-refractivity contribution in [2.24, 2.45) is 0 Å². The van der Waals surface area contributed by atoms with E-state index in [1.54, 1.807) is 0 Å². The summed E-state index contributed by atoms with van der Waals surface area (Å²) in [6.07, 6.45) is 14.7. The Balaban J connectivity index is 3.70. The van der Waals surface area contributed by atoms with Crippen molar-refractivity contribution < 1.29 is 19.8 Å². The summed E-state index contributed by atoms with van der Waals surface area (Å²) in [5.74, 6) is -1.52. The van der Waals surface area contributed by atoms with Crippen LogP contribution < -0.4 is 0 Å². The molecule has 0 saturated heterocycles. The van der Waals surface area contributed by atoms with E-state index in [9.17, 15) is 9.59 Å². The average Bonchev–Trinajstić information content (AvgIpc) is 2.55. The van der Waals surface area contributed by atoms with Crippen molar-refractivity contribution in [1.29, 1.82) is 0 Å². The second-order valence-corrected chi connectivity index (χ2v) is 7.02. The molecule has 0 rings (SSSR count). The van der Waals surface area contributed by atoms with E-state index in [2.05, 4.69) is 11.8 Å². The van der Waals surface area contributed by atoms with Gasteiger partial charge in [-0.15, -0.1) is 0 Å². The average molecular weight is 358 g/mol. The van der Waals surface area contributed by atoms with Crippen LogP contribution in [0.3, 0.4) is 0 Å². The molecule has 0 spiro atoms. The Labute approximate surface area is 153 Å². The Bertz CT molecular complexity index is 314. The molecule has 0 heterocycles. The molecule has 0 fully saturated rings. The molecule has 0 aromatic rings. The van der Waals surface area contributed by atoms with Crippen LogP contribution in [0.25, 0.3) is 0 Å². The molecule has 0 amide bonds. The predicted molar refractivity (Wildman–Crippen MR) is 102 cm³/mol. The number of hydrogen-bond donors (Lipinski definition) is 2. The Hall–Kier alpha value is -1.10. The number of hydrogen-bond acceptors (Lipinski definition) is 3. The van der Waals surface area contributed by atoms with Gasteiger partial charge in [0.2, 0.25) is 0 Å². The second kappa shape index (κ2) is 17.7. The van der Waals surface area contributed by atoms with Crippen LogP contribution in [0.2, 0.25) is 0 Å². The van der Waals surface area contributed by atoms with Gasteiger partial charge in [0.1, 0.15) is 0 Å². The van der Waals surface area contributed by atoms with E-state index in [4.69, 9.17) is 10.2 Å². The Kier molecular flexibility index (Phi) is 16.9. The SMILES string of the molecule is CCCCCCCCCCCCN(CCCC(=O)O)CCCC(=O)O. The standard InChI is InChI=1S/C20H39NO4/c1-2-3-4-5-6-7-8-9-10-11-16-21(17-12-14-19(22)23)18-13-15-20(24)25/h2-18H2,1H3,(H,22,23)(H,24,25). The van der Waals surface area contributed by atoms with E-state index < -0.39 is 11.9 Å². The summed E-state index contributed by atoms with van der Waals surface area (Å²) >= 11 is 0. The van der Waals surface area contributed by atoms with Crippen LogP contribution in [-0.2, 0) is 9.59 Å². The summed E-state index contributed by atoms with van der Waals surface area (Å²) in [5.41, 5.74) is 0. The lowest BCUT2D eigenvalue weighted by Crippen LogP contribution is -2.28. The van der Waals surface area contributed by atoms with Crippen molar-refractivity contribution in [2.45, 2.75) is 96.8 Å². The first-order chi connectivity index (χ1) is 12.1. The molecule has 25 heavy (non-hydrogen) atoms. The van der Waals surface area contributed by atoms with Crippen LogP contribution in [0.5, 0.6) is 0 Å². The Morgan fingerprint density at radius 1 is 0.600 bits per heavy atom. The van der Waals surface area contributed by atoms with Gasteiger partial charge in [-0.3, -0.25) is 9.59 Å². The lowest BCUT2D eigenvalue weighted by atomic mass is 10.1. The smallest absolute Gasteiger partial charge is 0.303 e. The minimum Gasteiger partial charge on any atom is -0.481 e. The minimum atomic E-state index is -0.760. The maximum absolute atomic E-state index is 10.6. The number of rotatable bonds is 19. The van der Waals surface area contributed by atoms with Crippen LogP contribution >= 0.6 is 0 Å².